The van der Waals surface area contributed by atoms with Crippen molar-refractivity contribution in [3.63, 3.8) is 0 Å². The molecule has 0 spiro atoms. The van der Waals surface area contributed by atoms with Gasteiger partial charge in [-0.25, -0.2) is 0 Å². The van der Waals surface area contributed by atoms with E-state index in [0.717, 1.165) is 12.0 Å². The van der Waals surface area contributed by atoms with E-state index in [-0.39, 0.29) is 0 Å². The van der Waals surface area contributed by atoms with Gasteiger partial charge in [-0.2, -0.15) is 0 Å². The molecule has 1 rings (SSSR count). The monoisotopic (exact) mass is 213 g/mol. The van der Waals surface area contributed by atoms with Gasteiger partial charge in [-0.05, 0) is 31.7 Å². The zero-order chi connectivity index (χ0) is 11.7. The first-order valence-electron chi connectivity index (χ1n) is 6.98. The van der Waals surface area contributed by atoms with Crippen molar-refractivity contribution in [2.75, 3.05) is 13.1 Å². The number of piperidine rings is 1. The highest BCUT2D eigenvalue weighted by Crippen LogP contribution is 2.21. The van der Waals surface area contributed by atoms with Crippen LogP contribution >= 0.6 is 0 Å². The van der Waals surface area contributed by atoms with Gasteiger partial charge in [0.15, 0.2) is 0 Å². The van der Waals surface area contributed by atoms with Crippen molar-refractivity contribution >= 4 is 0 Å². The van der Waals surface area contributed by atoms with E-state index in [0.29, 0.717) is 0 Å². The minimum atomic E-state index is 0.831. The highest BCUT2D eigenvalue weighted by molar-refractivity contribution is 4.76. The van der Waals surface area contributed by atoms with Crippen LogP contribution in [-0.2, 0) is 0 Å². The van der Waals surface area contributed by atoms with Crippen LogP contribution in [0.2, 0.25) is 0 Å². The van der Waals surface area contributed by atoms with Crippen LogP contribution in [0, 0.1) is 5.92 Å². The predicted molar refractivity (Wildman–Crippen MR) is 70.3 cm³/mol. The zero-order valence-electron chi connectivity index (χ0n) is 11.6. The summed E-state index contributed by atoms with van der Waals surface area (Å²) >= 11 is 0. The predicted octanol–water partition coefficient (Wildman–Crippen LogP) is 4.32. The van der Waals surface area contributed by atoms with Crippen molar-refractivity contribution in [2.45, 2.75) is 72.8 Å². The smallest absolute Gasteiger partial charge is 0.00952 e. The van der Waals surface area contributed by atoms with Crippen molar-refractivity contribution < 1.29 is 0 Å². The van der Waals surface area contributed by atoms with Gasteiger partial charge in [0, 0.05) is 12.6 Å². The van der Waals surface area contributed by atoms with Gasteiger partial charge in [-0.3, -0.25) is 0 Å². The fraction of sp³-hybridized carbons (Fsp3) is 1.00. The second-order valence-electron chi connectivity index (χ2n) is 4.83. The molecule has 1 atom stereocenters. The Kier molecular flexibility index (Phi) is 9.18. The molecule has 1 unspecified atom stereocenters. The SMILES string of the molecule is CC.CCCC1CCCCN1CC(C)C. The molecular formula is C14H31N. The summed E-state index contributed by atoms with van der Waals surface area (Å²) in [5.74, 6) is 0.831. The lowest BCUT2D eigenvalue weighted by Gasteiger charge is -2.36. The molecule has 15 heavy (non-hydrogen) atoms. The minimum Gasteiger partial charge on any atom is -0.300 e. The summed E-state index contributed by atoms with van der Waals surface area (Å²) in [6.07, 6.45) is 7.08. The maximum Gasteiger partial charge on any atom is 0.00952 e. The van der Waals surface area contributed by atoms with Gasteiger partial charge in [0.1, 0.15) is 0 Å². The van der Waals surface area contributed by atoms with E-state index in [9.17, 15) is 0 Å². The third-order valence-electron chi connectivity index (χ3n) is 2.97. The lowest BCUT2D eigenvalue weighted by Crippen LogP contribution is -2.41. The average Bonchev–Trinajstić information content (AvgIpc) is 2.23. The van der Waals surface area contributed by atoms with Crippen LogP contribution in [0.5, 0.6) is 0 Å². The summed E-state index contributed by atoms with van der Waals surface area (Å²) in [5, 5.41) is 0. The Balaban J connectivity index is 0.000000921. The first kappa shape index (κ1) is 15.0. The number of nitrogens with zero attached hydrogens (tertiary/aromatic N) is 1. The van der Waals surface area contributed by atoms with Crippen molar-refractivity contribution in [1.82, 2.24) is 4.90 Å². The van der Waals surface area contributed by atoms with Gasteiger partial charge in [-0.1, -0.05) is 47.5 Å². The van der Waals surface area contributed by atoms with E-state index in [4.69, 9.17) is 0 Å². The molecule has 0 amide bonds. The molecule has 1 fully saturated rings. The quantitative estimate of drug-likeness (QED) is 0.672. The third kappa shape index (κ3) is 6.19. The van der Waals surface area contributed by atoms with Gasteiger partial charge >= 0.3 is 0 Å². The van der Waals surface area contributed by atoms with E-state index >= 15 is 0 Å². The molecule has 1 nitrogen and oxygen atoms in total. The number of likely N-dealkylation sites (tertiary alicyclic amines) is 1. The van der Waals surface area contributed by atoms with Gasteiger partial charge in [0.2, 0.25) is 0 Å². The lowest BCUT2D eigenvalue weighted by atomic mass is 9.97. The van der Waals surface area contributed by atoms with Gasteiger partial charge in [0.25, 0.3) is 0 Å². The van der Waals surface area contributed by atoms with Crippen LogP contribution in [0.25, 0.3) is 0 Å². The number of hydrogen-bond acceptors (Lipinski definition) is 1. The van der Waals surface area contributed by atoms with Crippen LogP contribution in [0.3, 0.4) is 0 Å². The largest absolute Gasteiger partial charge is 0.300 e. The summed E-state index contributed by atoms with van der Waals surface area (Å²) in [6, 6.07) is 0.904. The maximum absolute atomic E-state index is 2.72. The molecule has 0 N–H and O–H groups in total. The molecule has 1 heteroatoms. The van der Waals surface area contributed by atoms with Crippen LogP contribution in [0.1, 0.15) is 66.7 Å². The Labute approximate surface area is 97.2 Å². The number of rotatable bonds is 4. The highest BCUT2D eigenvalue weighted by Gasteiger charge is 2.21. The lowest BCUT2D eigenvalue weighted by molar-refractivity contribution is 0.124. The van der Waals surface area contributed by atoms with E-state index in [1.54, 1.807) is 0 Å². The van der Waals surface area contributed by atoms with E-state index < -0.39 is 0 Å². The van der Waals surface area contributed by atoms with Crippen LogP contribution in [-0.4, -0.2) is 24.0 Å². The zero-order valence-corrected chi connectivity index (χ0v) is 11.6. The first-order valence-corrected chi connectivity index (χ1v) is 6.98. The number of hydrogen-bond donors (Lipinski definition) is 0. The van der Waals surface area contributed by atoms with Crippen molar-refractivity contribution in [3.05, 3.63) is 0 Å². The highest BCUT2D eigenvalue weighted by atomic mass is 15.2. The summed E-state index contributed by atoms with van der Waals surface area (Å²) in [7, 11) is 0. The molecule has 1 saturated heterocycles. The molecule has 0 aromatic rings. The van der Waals surface area contributed by atoms with Gasteiger partial charge < -0.3 is 4.90 Å². The third-order valence-corrected chi connectivity index (χ3v) is 2.97. The van der Waals surface area contributed by atoms with Crippen LogP contribution in [0.4, 0.5) is 0 Å². The Morgan fingerprint density at radius 2 is 1.87 bits per heavy atom. The minimum absolute atomic E-state index is 0.831. The summed E-state index contributed by atoms with van der Waals surface area (Å²) < 4.78 is 0. The molecule has 1 heterocycles. The second kappa shape index (κ2) is 9.21. The fourth-order valence-corrected chi connectivity index (χ4v) is 2.43. The Morgan fingerprint density at radius 3 is 2.40 bits per heavy atom. The molecule has 92 valence electrons. The first-order chi connectivity index (χ1) is 7.24. The summed E-state index contributed by atoms with van der Waals surface area (Å²) in [6.45, 7) is 13.6. The van der Waals surface area contributed by atoms with Gasteiger partial charge in [0.05, 0.1) is 0 Å². The second-order valence-corrected chi connectivity index (χ2v) is 4.83. The molecule has 0 saturated carbocycles. The molecule has 0 bridgehead atoms. The van der Waals surface area contributed by atoms with Crippen molar-refractivity contribution in [2.24, 2.45) is 5.92 Å². The van der Waals surface area contributed by atoms with Crippen molar-refractivity contribution in [3.8, 4) is 0 Å². The fourth-order valence-electron chi connectivity index (χ4n) is 2.43. The molecule has 0 aromatic heterocycles. The Bertz CT molecular complexity index is 129. The Hall–Kier alpha value is -0.0400. The Morgan fingerprint density at radius 1 is 1.20 bits per heavy atom. The maximum atomic E-state index is 2.72. The van der Waals surface area contributed by atoms with E-state index in [1.165, 1.54) is 45.2 Å². The summed E-state index contributed by atoms with van der Waals surface area (Å²) in [5.41, 5.74) is 0. The molecule has 1 aliphatic heterocycles. The van der Waals surface area contributed by atoms with Crippen LogP contribution < -0.4 is 0 Å². The molecular weight excluding hydrogens is 182 g/mol. The molecule has 1 aliphatic rings. The van der Waals surface area contributed by atoms with E-state index in [2.05, 4.69) is 25.7 Å². The van der Waals surface area contributed by atoms with Crippen molar-refractivity contribution in [1.29, 1.82) is 0 Å². The standard InChI is InChI=1S/C12H25N.C2H6/c1-4-7-12-8-5-6-9-13(12)10-11(2)3;1-2/h11-12H,4-10H2,1-3H3;1-2H3. The molecule has 0 aromatic carbocycles. The molecule has 0 radical (unpaired) electrons. The normalized spacial score (nSPS) is 22.4. The topological polar surface area (TPSA) is 3.24 Å². The van der Waals surface area contributed by atoms with Gasteiger partial charge in [-0.15, -0.1) is 0 Å². The van der Waals surface area contributed by atoms with E-state index in [1.807, 2.05) is 13.8 Å². The molecule has 0 aliphatic carbocycles. The van der Waals surface area contributed by atoms with Crippen LogP contribution in [0.15, 0.2) is 0 Å². The average molecular weight is 213 g/mol. The summed E-state index contributed by atoms with van der Waals surface area (Å²) in [4.78, 5) is 2.72.